The topological polar surface area (TPSA) is 32.3 Å². The molecular weight excluding hydrogens is 188 g/mol. The van der Waals surface area contributed by atoms with Gasteiger partial charge >= 0.3 is 0 Å². The second-order valence-electron chi connectivity index (χ2n) is 3.93. The highest BCUT2D eigenvalue weighted by molar-refractivity contribution is 5.78. The highest BCUT2D eigenvalue weighted by Gasteiger charge is 2.13. The molecule has 0 saturated carbocycles. The third-order valence-electron chi connectivity index (χ3n) is 2.93. The Morgan fingerprint density at radius 2 is 2.13 bits per heavy atom. The summed E-state index contributed by atoms with van der Waals surface area (Å²) in [5.41, 5.74) is 0. The second-order valence-corrected chi connectivity index (χ2v) is 3.93. The van der Waals surface area contributed by atoms with E-state index in [1.54, 1.807) is 0 Å². The third-order valence-corrected chi connectivity index (χ3v) is 2.93. The lowest BCUT2D eigenvalue weighted by molar-refractivity contribution is -0.130. The minimum Gasteiger partial charge on any atom is -0.342 e. The first-order chi connectivity index (χ1) is 7.27. The van der Waals surface area contributed by atoms with E-state index in [2.05, 4.69) is 17.5 Å². The Balaban J connectivity index is 2.23. The largest absolute Gasteiger partial charge is 0.342 e. The van der Waals surface area contributed by atoms with E-state index < -0.39 is 0 Å². The molecule has 0 fully saturated rings. The van der Waals surface area contributed by atoms with Crippen molar-refractivity contribution in [3.8, 4) is 0 Å². The van der Waals surface area contributed by atoms with Crippen LogP contribution in [-0.4, -0.2) is 36.5 Å². The maximum Gasteiger partial charge on any atom is 0.236 e. The molecule has 0 spiro atoms. The van der Waals surface area contributed by atoms with Crippen LogP contribution in [0.15, 0.2) is 12.2 Å². The maximum absolute atomic E-state index is 11.7. The Labute approximate surface area is 92.5 Å². The van der Waals surface area contributed by atoms with Gasteiger partial charge in [0.15, 0.2) is 0 Å². The van der Waals surface area contributed by atoms with E-state index in [-0.39, 0.29) is 5.91 Å². The van der Waals surface area contributed by atoms with E-state index in [1.807, 2.05) is 18.7 Å². The van der Waals surface area contributed by atoms with Gasteiger partial charge in [-0.2, -0.15) is 0 Å². The van der Waals surface area contributed by atoms with E-state index in [4.69, 9.17) is 0 Å². The molecule has 0 aromatic carbocycles. The molecule has 1 unspecified atom stereocenters. The van der Waals surface area contributed by atoms with Crippen molar-refractivity contribution in [3.05, 3.63) is 12.2 Å². The lowest BCUT2D eigenvalue weighted by Gasteiger charge is -2.23. The molecule has 1 aliphatic carbocycles. The Kier molecular flexibility index (Phi) is 5.40. The summed E-state index contributed by atoms with van der Waals surface area (Å²) in [4.78, 5) is 13.6. The van der Waals surface area contributed by atoms with Crippen LogP contribution in [0.5, 0.6) is 0 Å². The van der Waals surface area contributed by atoms with Gasteiger partial charge in [-0.05, 0) is 33.1 Å². The van der Waals surface area contributed by atoms with E-state index in [9.17, 15) is 4.79 Å². The fraction of sp³-hybridized carbons (Fsp3) is 0.750. The summed E-state index contributed by atoms with van der Waals surface area (Å²) >= 11 is 0. The lowest BCUT2D eigenvalue weighted by atomic mass is 10.0. The number of nitrogens with one attached hydrogen (secondary N) is 1. The minimum atomic E-state index is 0.217. The number of rotatable bonds is 5. The molecule has 0 saturated heterocycles. The fourth-order valence-corrected chi connectivity index (χ4v) is 1.90. The predicted molar refractivity (Wildman–Crippen MR) is 62.7 cm³/mol. The Hall–Kier alpha value is -0.830. The molecule has 1 amide bonds. The van der Waals surface area contributed by atoms with Crippen LogP contribution in [0.2, 0.25) is 0 Å². The van der Waals surface area contributed by atoms with E-state index >= 15 is 0 Å². The number of carbonyl (C=O) groups is 1. The Morgan fingerprint density at radius 3 is 2.67 bits per heavy atom. The molecule has 1 aliphatic rings. The summed E-state index contributed by atoms with van der Waals surface area (Å²) < 4.78 is 0. The van der Waals surface area contributed by atoms with Gasteiger partial charge in [0.2, 0.25) is 5.91 Å². The van der Waals surface area contributed by atoms with E-state index in [0.717, 1.165) is 32.4 Å². The van der Waals surface area contributed by atoms with Crippen LogP contribution in [0.1, 0.15) is 33.1 Å². The van der Waals surface area contributed by atoms with Crippen LogP contribution < -0.4 is 5.32 Å². The predicted octanol–water partition coefficient (Wildman–Crippen LogP) is 1.55. The van der Waals surface area contributed by atoms with Crippen LogP contribution in [0.4, 0.5) is 0 Å². The van der Waals surface area contributed by atoms with Crippen molar-refractivity contribution in [1.29, 1.82) is 0 Å². The number of likely N-dealkylation sites (N-methyl/N-ethyl adjacent to an activating group) is 1. The second kappa shape index (κ2) is 6.62. The summed E-state index contributed by atoms with van der Waals surface area (Å²) in [6.07, 6.45) is 7.76. The number of hydrogen-bond donors (Lipinski definition) is 1. The molecule has 0 aliphatic heterocycles. The summed E-state index contributed by atoms with van der Waals surface area (Å²) in [7, 11) is 0. The van der Waals surface area contributed by atoms with Crippen molar-refractivity contribution in [3.63, 3.8) is 0 Å². The average Bonchev–Trinajstić information content (AvgIpc) is 2.29. The van der Waals surface area contributed by atoms with Gasteiger partial charge in [0.25, 0.3) is 0 Å². The third kappa shape index (κ3) is 4.04. The molecule has 0 bridgehead atoms. The van der Waals surface area contributed by atoms with E-state index in [1.165, 1.54) is 0 Å². The summed E-state index contributed by atoms with van der Waals surface area (Å²) in [6.45, 7) is 6.14. The molecule has 1 N–H and O–H groups in total. The molecule has 0 aromatic rings. The summed E-state index contributed by atoms with van der Waals surface area (Å²) in [6, 6.07) is 0.495. The van der Waals surface area contributed by atoms with Crippen LogP contribution in [-0.2, 0) is 4.79 Å². The molecule has 3 nitrogen and oxygen atoms in total. The minimum absolute atomic E-state index is 0.217. The number of hydrogen-bond acceptors (Lipinski definition) is 2. The molecular formula is C12H22N2O. The van der Waals surface area contributed by atoms with Gasteiger partial charge < -0.3 is 10.2 Å². The molecule has 1 atom stereocenters. The maximum atomic E-state index is 11.7. The average molecular weight is 210 g/mol. The zero-order valence-corrected chi connectivity index (χ0v) is 9.83. The van der Waals surface area contributed by atoms with Gasteiger partial charge in [-0.25, -0.2) is 0 Å². The van der Waals surface area contributed by atoms with Crippen LogP contribution in [0.3, 0.4) is 0 Å². The normalized spacial score (nSPS) is 20.3. The first-order valence-electron chi connectivity index (χ1n) is 5.94. The molecule has 3 heteroatoms. The number of allylic oxidation sites excluding steroid dienone is 1. The summed E-state index contributed by atoms with van der Waals surface area (Å²) in [5.74, 6) is 0.217. The van der Waals surface area contributed by atoms with Crippen molar-refractivity contribution in [2.45, 2.75) is 39.2 Å². The van der Waals surface area contributed by atoms with Crippen LogP contribution in [0, 0.1) is 0 Å². The van der Waals surface area contributed by atoms with Crippen molar-refractivity contribution in [1.82, 2.24) is 10.2 Å². The molecule has 0 heterocycles. The van der Waals surface area contributed by atoms with Gasteiger partial charge in [0.1, 0.15) is 0 Å². The monoisotopic (exact) mass is 210 g/mol. The molecule has 1 rings (SSSR count). The quantitative estimate of drug-likeness (QED) is 0.698. The first-order valence-corrected chi connectivity index (χ1v) is 5.94. The zero-order valence-electron chi connectivity index (χ0n) is 9.83. The van der Waals surface area contributed by atoms with Crippen molar-refractivity contribution in [2.24, 2.45) is 0 Å². The first kappa shape index (κ1) is 12.2. The highest BCUT2D eigenvalue weighted by atomic mass is 16.2. The Bertz CT molecular complexity index is 222. The Morgan fingerprint density at radius 1 is 1.40 bits per heavy atom. The van der Waals surface area contributed by atoms with Crippen molar-refractivity contribution >= 4 is 5.91 Å². The van der Waals surface area contributed by atoms with Crippen molar-refractivity contribution in [2.75, 3.05) is 19.6 Å². The van der Waals surface area contributed by atoms with Crippen LogP contribution in [0.25, 0.3) is 0 Å². The zero-order chi connectivity index (χ0) is 11.1. The van der Waals surface area contributed by atoms with Crippen LogP contribution >= 0.6 is 0 Å². The van der Waals surface area contributed by atoms with Gasteiger partial charge in [0, 0.05) is 19.1 Å². The smallest absolute Gasteiger partial charge is 0.236 e. The fourth-order valence-electron chi connectivity index (χ4n) is 1.90. The molecule has 0 aromatic heterocycles. The lowest BCUT2D eigenvalue weighted by Crippen LogP contribution is -2.41. The van der Waals surface area contributed by atoms with Gasteiger partial charge in [-0.15, -0.1) is 0 Å². The van der Waals surface area contributed by atoms with Gasteiger partial charge in [-0.3, -0.25) is 4.79 Å². The standard InChI is InChI=1S/C12H22N2O/c1-3-14(4-2)12(15)10-13-11-8-6-5-7-9-11/h5-6,11,13H,3-4,7-10H2,1-2H3. The number of amides is 1. The van der Waals surface area contributed by atoms with E-state index in [0.29, 0.717) is 12.6 Å². The summed E-state index contributed by atoms with van der Waals surface area (Å²) in [5, 5.41) is 3.33. The molecule has 0 radical (unpaired) electrons. The molecule has 15 heavy (non-hydrogen) atoms. The molecule has 86 valence electrons. The van der Waals surface area contributed by atoms with Crippen molar-refractivity contribution < 1.29 is 4.79 Å². The SMILES string of the molecule is CCN(CC)C(=O)CNC1CC=CCC1. The highest BCUT2D eigenvalue weighted by Crippen LogP contribution is 2.09. The number of carbonyl (C=O) groups excluding carboxylic acids is 1. The number of nitrogens with zero attached hydrogens (tertiary/aromatic N) is 1. The van der Waals surface area contributed by atoms with Gasteiger partial charge in [0.05, 0.1) is 6.54 Å². The van der Waals surface area contributed by atoms with Gasteiger partial charge in [-0.1, -0.05) is 12.2 Å².